The number of rotatable bonds is 6. The van der Waals surface area contributed by atoms with Crippen molar-refractivity contribution >= 4 is 42.1 Å². The number of nitrogens with one attached hydrogen (secondary N) is 1. The summed E-state index contributed by atoms with van der Waals surface area (Å²) < 4.78 is 0. The monoisotopic (exact) mass is 375 g/mol. The van der Waals surface area contributed by atoms with Crippen LogP contribution in [0.25, 0.3) is 10.6 Å². The second-order valence-electron chi connectivity index (χ2n) is 5.16. The molecule has 0 radical (unpaired) electrons. The van der Waals surface area contributed by atoms with Crippen molar-refractivity contribution in [1.82, 2.24) is 10.3 Å². The molecule has 3 N–H and O–H groups in total. The molecule has 0 unspecified atom stereocenters. The average molecular weight is 376 g/mol. The van der Waals surface area contributed by atoms with Crippen LogP contribution in [0.3, 0.4) is 0 Å². The van der Waals surface area contributed by atoms with E-state index in [1.54, 1.807) is 5.38 Å². The van der Waals surface area contributed by atoms with Crippen molar-refractivity contribution in [3.63, 3.8) is 0 Å². The molecule has 0 bridgehead atoms. The molecule has 0 fully saturated rings. The lowest BCUT2D eigenvalue weighted by Crippen LogP contribution is -2.49. The van der Waals surface area contributed by atoms with Gasteiger partial charge < -0.3 is 11.1 Å². The summed E-state index contributed by atoms with van der Waals surface area (Å²) in [4.78, 5) is 16.5. The van der Waals surface area contributed by atoms with E-state index in [0.29, 0.717) is 12.2 Å². The van der Waals surface area contributed by atoms with E-state index in [9.17, 15) is 4.79 Å². The van der Waals surface area contributed by atoms with Crippen molar-refractivity contribution in [2.24, 2.45) is 5.73 Å². The Balaban J connectivity index is 0.00000242. The normalized spacial score (nSPS) is 10.4. The van der Waals surface area contributed by atoms with Crippen LogP contribution in [-0.2, 0) is 0 Å². The van der Waals surface area contributed by atoms with Gasteiger partial charge in [-0.05, 0) is 12.8 Å². The molecule has 0 saturated carbocycles. The zero-order valence-electron chi connectivity index (χ0n) is 13.2. The molecule has 0 spiro atoms. The molecule has 2 aromatic rings. The van der Waals surface area contributed by atoms with E-state index in [-0.39, 0.29) is 36.3 Å². The minimum atomic E-state index is -0.339. The van der Waals surface area contributed by atoms with Crippen molar-refractivity contribution < 1.29 is 4.79 Å². The summed E-state index contributed by atoms with van der Waals surface area (Å²) in [6.45, 7) is 4.54. The van der Waals surface area contributed by atoms with Crippen molar-refractivity contribution in [2.45, 2.75) is 32.2 Å². The van der Waals surface area contributed by atoms with Gasteiger partial charge >= 0.3 is 0 Å². The van der Waals surface area contributed by atoms with E-state index in [4.69, 9.17) is 5.73 Å². The fourth-order valence-corrected chi connectivity index (χ4v) is 2.74. The number of benzene rings is 1. The fraction of sp³-hybridized carbons (Fsp3) is 0.375. The maximum Gasteiger partial charge on any atom is 0.270 e. The van der Waals surface area contributed by atoms with E-state index in [2.05, 4.69) is 10.3 Å². The number of halogens is 2. The van der Waals surface area contributed by atoms with Gasteiger partial charge in [0.1, 0.15) is 10.7 Å². The Kier molecular flexibility index (Phi) is 9.39. The summed E-state index contributed by atoms with van der Waals surface area (Å²) in [5.74, 6) is -0.162. The molecule has 1 aromatic carbocycles. The number of nitrogens with two attached hydrogens (primary N) is 1. The molecule has 23 heavy (non-hydrogen) atoms. The molecule has 7 heteroatoms. The summed E-state index contributed by atoms with van der Waals surface area (Å²) in [5.41, 5.74) is 7.32. The van der Waals surface area contributed by atoms with Crippen LogP contribution < -0.4 is 11.1 Å². The molecule has 4 nitrogen and oxygen atoms in total. The number of carbonyl (C=O) groups is 1. The molecular weight excluding hydrogens is 353 g/mol. The van der Waals surface area contributed by atoms with Crippen molar-refractivity contribution in [2.75, 3.05) is 6.54 Å². The number of thiazole rings is 1. The highest BCUT2D eigenvalue weighted by Crippen LogP contribution is 2.23. The van der Waals surface area contributed by atoms with Crippen molar-refractivity contribution in [3.05, 3.63) is 41.4 Å². The summed E-state index contributed by atoms with van der Waals surface area (Å²) in [6.07, 6.45) is 1.66. The van der Waals surface area contributed by atoms with Crippen LogP contribution >= 0.6 is 36.2 Å². The molecule has 0 aliphatic rings. The van der Waals surface area contributed by atoms with Crippen LogP contribution in [0, 0.1) is 0 Å². The first-order valence-corrected chi connectivity index (χ1v) is 8.04. The first-order chi connectivity index (χ1) is 10.1. The summed E-state index contributed by atoms with van der Waals surface area (Å²) in [5, 5.41) is 5.52. The largest absolute Gasteiger partial charge is 0.349 e. The van der Waals surface area contributed by atoms with Gasteiger partial charge in [-0.1, -0.05) is 44.2 Å². The number of hydrogen-bond donors (Lipinski definition) is 2. The molecule has 2 rings (SSSR count). The zero-order valence-corrected chi connectivity index (χ0v) is 15.7. The maximum absolute atomic E-state index is 12.1. The maximum atomic E-state index is 12.1. The van der Waals surface area contributed by atoms with Gasteiger partial charge in [0.15, 0.2) is 0 Å². The summed E-state index contributed by atoms with van der Waals surface area (Å²) in [7, 11) is 0. The number of carbonyl (C=O) groups excluding carboxylic acids is 1. The quantitative estimate of drug-likeness (QED) is 0.804. The van der Waals surface area contributed by atoms with Gasteiger partial charge in [-0.25, -0.2) is 4.98 Å². The Bertz CT molecular complexity index is 600. The van der Waals surface area contributed by atoms with Crippen LogP contribution in [0.15, 0.2) is 35.7 Å². The Labute approximate surface area is 153 Å². The molecule has 0 saturated heterocycles. The van der Waals surface area contributed by atoms with Crippen molar-refractivity contribution in [1.29, 1.82) is 0 Å². The number of amides is 1. The topological polar surface area (TPSA) is 68.0 Å². The van der Waals surface area contributed by atoms with Crippen LogP contribution in [0.1, 0.15) is 37.2 Å². The number of nitrogens with zero attached hydrogens (tertiary/aromatic N) is 1. The van der Waals surface area contributed by atoms with Gasteiger partial charge in [0, 0.05) is 23.0 Å². The van der Waals surface area contributed by atoms with Gasteiger partial charge in [0.2, 0.25) is 0 Å². The smallest absolute Gasteiger partial charge is 0.270 e. The summed E-state index contributed by atoms with van der Waals surface area (Å²) in [6, 6.07) is 9.85. The predicted molar refractivity (Wildman–Crippen MR) is 102 cm³/mol. The zero-order chi connectivity index (χ0) is 15.3. The van der Waals surface area contributed by atoms with E-state index < -0.39 is 0 Å². The van der Waals surface area contributed by atoms with E-state index in [1.807, 2.05) is 44.2 Å². The molecule has 128 valence electrons. The van der Waals surface area contributed by atoms with Crippen LogP contribution in [0.2, 0.25) is 0 Å². The second kappa shape index (κ2) is 9.88. The Morgan fingerprint density at radius 2 is 1.83 bits per heavy atom. The SMILES string of the molecule is CCC(N)(CC)CNC(=O)c1csc(-c2ccccc2)n1.Cl.Cl. The van der Waals surface area contributed by atoms with E-state index in [0.717, 1.165) is 23.4 Å². The highest BCUT2D eigenvalue weighted by Gasteiger charge is 2.22. The minimum Gasteiger partial charge on any atom is -0.349 e. The first-order valence-electron chi connectivity index (χ1n) is 7.16. The van der Waals surface area contributed by atoms with Gasteiger partial charge in [-0.2, -0.15) is 0 Å². The molecule has 0 aliphatic carbocycles. The lowest BCUT2D eigenvalue weighted by molar-refractivity contribution is 0.0938. The molecular formula is C16H23Cl2N3OS. The first kappa shape index (κ1) is 21.9. The Hall–Kier alpha value is -1.14. The lowest BCUT2D eigenvalue weighted by Gasteiger charge is -2.26. The third kappa shape index (κ3) is 5.77. The van der Waals surface area contributed by atoms with Crippen LogP contribution in [0.4, 0.5) is 0 Å². The van der Waals surface area contributed by atoms with Gasteiger partial charge in [-0.3, -0.25) is 4.79 Å². The lowest BCUT2D eigenvalue weighted by atomic mass is 9.94. The van der Waals surface area contributed by atoms with Gasteiger partial charge in [-0.15, -0.1) is 36.2 Å². The second-order valence-corrected chi connectivity index (χ2v) is 6.01. The van der Waals surface area contributed by atoms with Gasteiger partial charge in [0.25, 0.3) is 5.91 Å². The molecule has 1 aromatic heterocycles. The van der Waals surface area contributed by atoms with E-state index in [1.165, 1.54) is 11.3 Å². The van der Waals surface area contributed by atoms with Crippen LogP contribution in [-0.4, -0.2) is 23.0 Å². The molecule has 1 amide bonds. The standard InChI is InChI=1S/C16H21N3OS.2ClH/c1-3-16(17,4-2)11-18-14(20)13-10-21-15(19-13)12-8-6-5-7-9-12;;/h5-10H,3-4,11,17H2,1-2H3,(H,18,20);2*1H. The van der Waals surface area contributed by atoms with Crippen molar-refractivity contribution in [3.8, 4) is 10.6 Å². The third-order valence-corrected chi connectivity index (χ3v) is 4.66. The number of hydrogen-bond acceptors (Lipinski definition) is 4. The van der Waals surface area contributed by atoms with Gasteiger partial charge in [0.05, 0.1) is 0 Å². The fourth-order valence-electron chi connectivity index (χ4n) is 1.94. The third-order valence-electron chi connectivity index (χ3n) is 3.77. The molecule has 1 heterocycles. The minimum absolute atomic E-state index is 0. The Morgan fingerprint density at radius 1 is 1.22 bits per heavy atom. The number of aromatic nitrogens is 1. The van der Waals surface area contributed by atoms with Crippen LogP contribution in [0.5, 0.6) is 0 Å². The highest BCUT2D eigenvalue weighted by molar-refractivity contribution is 7.13. The van der Waals surface area contributed by atoms with E-state index >= 15 is 0 Å². The molecule has 0 aliphatic heterocycles. The Morgan fingerprint density at radius 3 is 2.39 bits per heavy atom. The highest BCUT2D eigenvalue weighted by atomic mass is 35.5. The predicted octanol–water partition coefficient (Wildman–Crippen LogP) is 3.90. The average Bonchev–Trinajstić information content (AvgIpc) is 3.03. The molecule has 0 atom stereocenters. The summed E-state index contributed by atoms with van der Waals surface area (Å²) >= 11 is 1.47.